The van der Waals surface area contributed by atoms with Gasteiger partial charge in [0.15, 0.2) is 0 Å². The maximum atomic E-state index is 5.68. The number of anilines is 2. The second-order valence-electron chi connectivity index (χ2n) is 2.90. The Morgan fingerprint density at radius 3 is 2.45 bits per heavy atom. The van der Waals surface area contributed by atoms with E-state index in [1.165, 1.54) is 0 Å². The van der Waals surface area contributed by atoms with E-state index in [1.807, 2.05) is 0 Å². The normalized spacial score (nSPS) is 10.5. The molecule has 0 radical (unpaired) electrons. The molecule has 60 valence electrons. The van der Waals surface area contributed by atoms with Crippen LogP contribution < -0.4 is 11.5 Å². The number of nitrogens with two attached hydrogens (primary N) is 2. The number of pyridine rings is 1. The molecule has 0 aromatic carbocycles. The summed E-state index contributed by atoms with van der Waals surface area (Å²) in [6.45, 7) is 4.10. The third-order valence-corrected chi connectivity index (χ3v) is 1.52. The molecule has 0 aliphatic heterocycles. The molecule has 3 nitrogen and oxygen atoms in total. The molecule has 1 rings (SSSR count). The van der Waals surface area contributed by atoms with Crippen molar-refractivity contribution in [1.29, 1.82) is 0 Å². The summed E-state index contributed by atoms with van der Waals surface area (Å²) >= 11 is 0. The quantitative estimate of drug-likeness (QED) is 0.637. The molecule has 0 amide bonds. The topological polar surface area (TPSA) is 64.9 Å². The van der Waals surface area contributed by atoms with E-state index in [-0.39, 0.29) is 0 Å². The highest BCUT2D eigenvalue weighted by molar-refractivity contribution is 5.53. The van der Waals surface area contributed by atoms with Gasteiger partial charge in [-0.05, 0) is 12.0 Å². The van der Waals surface area contributed by atoms with Crippen LogP contribution in [0.15, 0.2) is 12.3 Å². The summed E-state index contributed by atoms with van der Waals surface area (Å²) in [6.07, 6.45) is 1.63. The van der Waals surface area contributed by atoms with Crippen molar-refractivity contribution in [3.05, 3.63) is 18.0 Å². The molecular weight excluding hydrogens is 138 g/mol. The Labute approximate surface area is 66.4 Å². The minimum atomic E-state index is 0.357. The van der Waals surface area contributed by atoms with Gasteiger partial charge in [0.25, 0.3) is 0 Å². The Bertz CT molecular complexity index is 256. The monoisotopic (exact) mass is 151 g/mol. The van der Waals surface area contributed by atoms with Gasteiger partial charge in [0, 0.05) is 0 Å². The van der Waals surface area contributed by atoms with Crippen molar-refractivity contribution in [3.63, 3.8) is 0 Å². The van der Waals surface area contributed by atoms with E-state index < -0.39 is 0 Å². The molecule has 4 N–H and O–H groups in total. The van der Waals surface area contributed by atoms with Crippen LogP contribution in [0.2, 0.25) is 0 Å². The molecule has 0 bridgehead atoms. The molecule has 0 unspecified atom stereocenters. The Morgan fingerprint density at radius 2 is 2.00 bits per heavy atom. The fourth-order valence-electron chi connectivity index (χ4n) is 0.992. The summed E-state index contributed by atoms with van der Waals surface area (Å²) in [4.78, 5) is 4.13. The standard InChI is InChI=1S/C8H13N3/c1-5(2)8-7(10)3-6(9)4-11-8/h3-5H,9-10H2,1-2H3. The molecule has 11 heavy (non-hydrogen) atoms. The lowest BCUT2D eigenvalue weighted by molar-refractivity contribution is 0.827. The van der Waals surface area contributed by atoms with Crippen LogP contribution in [-0.2, 0) is 0 Å². The van der Waals surface area contributed by atoms with Gasteiger partial charge in [0.2, 0.25) is 0 Å². The number of hydrogen-bond donors (Lipinski definition) is 2. The number of nitrogen functional groups attached to an aromatic ring is 2. The number of rotatable bonds is 1. The van der Waals surface area contributed by atoms with Crippen LogP contribution in [-0.4, -0.2) is 4.98 Å². The van der Waals surface area contributed by atoms with Gasteiger partial charge < -0.3 is 11.5 Å². The van der Waals surface area contributed by atoms with Crippen molar-refractivity contribution in [3.8, 4) is 0 Å². The molecule has 0 aliphatic rings. The molecule has 0 atom stereocenters. The maximum Gasteiger partial charge on any atom is 0.0659 e. The predicted octanol–water partition coefficient (Wildman–Crippen LogP) is 1.37. The molecule has 1 aromatic rings. The average molecular weight is 151 g/mol. The van der Waals surface area contributed by atoms with Crippen molar-refractivity contribution in [1.82, 2.24) is 4.98 Å². The number of aromatic nitrogens is 1. The first kappa shape index (κ1) is 7.85. The zero-order valence-electron chi connectivity index (χ0n) is 6.83. The van der Waals surface area contributed by atoms with E-state index in [0.717, 1.165) is 5.69 Å². The van der Waals surface area contributed by atoms with Gasteiger partial charge in [0.05, 0.1) is 23.3 Å². The van der Waals surface area contributed by atoms with Crippen molar-refractivity contribution in [2.75, 3.05) is 11.5 Å². The van der Waals surface area contributed by atoms with E-state index >= 15 is 0 Å². The summed E-state index contributed by atoms with van der Waals surface area (Å²) < 4.78 is 0. The highest BCUT2D eigenvalue weighted by atomic mass is 14.8. The van der Waals surface area contributed by atoms with Crippen LogP contribution in [0, 0.1) is 0 Å². The molecule has 0 saturated carbocycles. The van der Waals surface area contributed by atoms with Crippen molar-refractivity contribution >= 4 is 11.4 Å². The average Bonchev–Trinajstić information content (AvgIpc) is 1.85. The summed E-state index contributed by atoms with van der Waals surface area (Å²) in [7, 11) is 0. The minimum absolute atomic E-state index is 0.357. The third-order valence-electron chi connectivity index (χ3n) is 1.52. The summed E-state index contributed by atoms with van der Waals surface area (Å²) in [5.41, 5.74) is 13.4. The Kier molecular flexibility index (Phi) is 1.98. The fourth-order valence-corrected chi connectivity index (χ4v) is 0.992. The highest BCUT2D eigenvalue weighted by Crippen LogP contribution is 2.20. The molecule has 0 aliphatic carbocycles. The molecule has 0 spiro atoms. The zero-order valence-corrected chi connectivity index (χ0v) is 6.83. The van der Waals surface area contributed by atoms with E-state index in [9.17, 15) is 0 Å². The van der Waals surface area contributed by atoms with E-state index in [2.05, 4.69) is 18.8 Å². The lowest BCUT2D eigenvalue weighted by Crippen LogP contribution is -2.01. The maximum absolute atomic E-state index is 5.68. The number of hydrogen-bond acceptors (Lipinski definition) is 3. The first-order valence-corrected chi connectivity index (χ1v) is 3.62. The van der Waals surface area contributed by atoms with Crippen LogP contribution >= 0.6 is 0 Å². The van der Waals surface area contributed by atoms with Crippen LogP contribution in [0.5, 0.6) is 0 Å². The fraction of sp³-hybridized carbons (Fsp3) is 0.375. The van der Waals surface area contributed by atoms with Crippen LogP contribution in [0.3, 0.4) is 0 Å². The highest BCUT2D eigenvalue weighted by Gasteiger charge is 2.04. The summed E-state index contributed by atoms with van der Waals surface area (Å²) in [6, 6.07) is 1.74. The van der Waals surface area contributed by atoms with E-state index in [1.54, 1.807) is 12.3 Å². The second-order valence-corrected chi connectivity index (χ2v) is 2.90. The second kappa shape index (κ2) is 2.78. The Hall–Kier alpha value is -1.25. The molecule has 0 saturated heterocycles. The lowest BCUT2D eigenvalue weighted by atomic mass is 10.1. The third kappa shape index (κ3) is 1.61. The Balaban J connectivity index is 3.09. The van der Waals surface area contributed by atoms with E-state index in [0.29, 0.717) is 17.3 Å². The van der Waals surface area contributed by atoms with E-state index in [4.69, 9.17) is 11.5 Å². The molecule has 1 heterocycles. The van der Waals surface area contributed by atoms with Gasteiger partial charge >= 0.3 is 0 Å². The SMILES string of the molecule is CC(C)c1ncc(N)cc1N. The first-order chi connectivity index (χ1) is 5.11. The van der Waals surface area contributed by atoms with Crippen molar-refractivity contribution < 1.29 is 0 Å². The van der Waals surface area contributed by atoms with Gasteiger partial charge in [0.1, 0.15) is 0 Å². The van der Waals surface area contributed by atoms with Crippen LogP contribution in [0.4, 0.5) is 11.4 Å². The molecule has 1 aromatic heterocycles. The predicted molar refractivity (Wildman–Crippen MR) is 47.2 cm³/mol. The van der Waals surface area contributed by atoms with Gasteiger partial charge in [-0.3, -0.25) is 4.98 Å². The Morgan fingerprint density at radius 1 is 1.36 bits per heavy atom. The van der Waals surface area contributed by atoms with Crippen molar-refractivity contribution in [2.24, 2.45) is 0 Å². The summed E-state index contributed by atoms with van der Waals surface area (Å²) in [5, 5.41) is 0. The van der Waals surface area contributed by atoms with Gasteiger partial charge in [-0.15, -0.1) is 0 Å². The number of nitrogens with zero attached hydrogens (tertiary/aromatic N) is 1. The van der Waals surface area contributed by atoms with Crippen molar-refractivity contribution in [2.45, 2.75) is 19.8 Å². The lowest BCUT2D eigenvalue weighted by Gasteiger charge is -2.07. The molecule has 0 fully saturated rings. The van der Waals surface area contributed by atoms with Gasteiger partial charge in [-0.2, -0.15) is 0 Å². The van der Waals surface area contributed by atoms with Crippen LogP contribution in [0.25, 0.3) is 0 Å². The minimum Gasteiger partial charge on any atom is -0.397 e. The molecular formula is C8H13N3. The van der Waals surface area contributed by atoms with Crippen LogP contribution in [0.1, 0.15) is 25.5 Å². The largest absolute Gasteiger partial charge is 0.397 e. The molecule has 3 heteroatoms. The zero-order chi connectivity index (χ0) is 8.43. The van der Waals surface area contributed by atoms with Gasteiger partial charge in [-0.1, -0.05) is 13.8 Å². The first-order valence-electron chi connectivity index (χ1n) is 3.62. The summed E-state index contributed by atoms with van der Waals surface area (Å²) in [5.74, 6) is 0.357. The smallest absolute Gasteiger partial charge is 0.0659 e. The van der Waals surface area contributed by atoms with Gasteiger partial charge in [-0.25, -0.2) is 0 Å².